The third-order valence-electron chi connectivity index (χ3n) is 2.12. The van der Waals surface area contributed by atoms with E-state index in [0.29, 0.717) is 6.92 Å². The molecule has 0 rings (SSSR count). The molecule has 1 atom stereocenters. The first-order valence-electron chi connectivity index (χ1n) is 4.82. The van der Waals surface area contributed by atoms with E-state index < -0.39 is 42.8 Å². The lowest BCUT2D eigenvalue weighted by atomic mass is 9.99. The molecule has 1 nitrogen and oxygen atoms in total. The lowest BCUT2D eigenvalue weighted by Gasteiger charge is -2.36. The molecule has 0 aliphatic heterocycles. The van der Waals surface area contributed by atoms with E-state index in [9.17, 15) is 52.7 Å². The minimum atomic E-state index is -7.47. The summed E-state index contributed by atoms with van der Waals surface area (Å²) in [4.78, 5) is 0. The molecule has 0 aromatic heterocycles. The molecule has 0 aromatic carbocycles. The van der Waals surface area contributed by atoms with Gasteiger partial charge in [-0.25, -0.2) is 4.39 Å². The van der Waals surface area contributed by atoms with Crippen LogP contribution in [0.25, 0.3) is 0 Å². The molecule has 0 spiro atoms. The van der Waals surface area contributed by atoms with E-state index in [2.05, 4.69) is 4.74 Å². The number of ether oxygens (including phenoxy) is 1. The molecule has 0 aliphatic carbocycles. The van der Waals surface area contributed by atoms with Gasteiger partial charge in [0.2, 0.25) is 0 Å². The van der Waals surface area contributed by atoms with Crippen LogP contribution >= 0.6 is 0 Å². The molecule has 0 bridgehead atoms. The highest BCUT2D eigenvalue weighted by Gasteiger charge is 2.85. The Morgan fingerprint density at radius 3 is 1.43 bits per heavy atom. The zero-order valence-electron chi connectivity index (χ0n) is 9.73. The predicted molar refractivity (Wildman–Crippen MR) is 42.4 cm³/mol. The standard InChI is InChI=1S/C8H6F12O/c1-2-21-5(12,13)3(9)4(10,11)6(14,15)7(16,17)8(18,19)20/h3H,2H2,1H3. The van der Waals surface area contributed by atoms with Crippen molar-refractivity contribution in [1.29, 1.82) is 0 Å². The summed E-state index contributed by atoms with van der Waals surface area (Å²) < 4.78 is 151. The molecule has 0 amide bonds. The van der Waals surface area contributed by atoms with Gasteiger partial charge in [-0.2, -0.15) is 48.3 Å². The van der Waals surface area contributed by atoms with Gasteiger partial charge in [0.25, 0.3) is 6.17 Å². The van der Waals surface area contributed by atoms with Gasteiger partial charge in [0, 0.05) is 0 Å². The van der Waals surface area contributed by atoms with Gasteiger partial charge in [-0.1, -0.05) is 0 Å². The second kappa shape index (κ2) is 5.39. The summed E-state index contributed by atoms with van der Waals surface area (Å²) in [6, 6.07) is 0. The smallest absolute Gasteiger partial charge is 0.318 e. The van der Waals surface area contributed by atoms with Crippen LogP contribution in [-0.4, -0.2) is 42.8 Å². The second-order valence-corrected chi connectivity index (χ2v) is 3.63. The predicted octanol–water partition coefficient (Wildman–Crippen LogP) is 4.42. The van der Waals surface area contributed by atoms with E-state index in [-0.39, 0.29) is 0 Å². The molecule has 128 valence electrons. The van der Waals surface area contributed by atoms with Crippen LogP contribution in [0.4, 0.5) is 52.7 Å². The van der Waals surface area contributed by atoms with E-state index in [0.717, 1.165) is 0 Å². The maximum absolute atomic E-state index is 12.8. The first kappa shape index (κ1) is 20.1. The van der Waals surface area contributed by atoms with Crippen molar-refractivity contribution in [2.75, 3.05) is 6.61 Å². The maximum atomic E-state index is 12.8. The number of hydrogen-bond acceptors (Lipinski definition) is 1. The van der Waals surface area contributed by atoms with Crippen LogP contribution in [-0.2, 0) is 4.74 Å². The third-order valence-corrected chi connectivity index (χ3v) is 2.12. The van der Waals surface area contributed by atoms with Gasteiger partial charge in [0.1, 0.15) is 0 Å². The average molecular weight is 346 g/mol. The van der Waals surface area contributed by atoms with Crippen molar-refractivity contribution >= 4 is 0 Å². The molecule has 0 radical (unpaired) electrons. The topological polar surface area (TPSA) is 9.23 Å². The Balaban J connectivity index is 5.79. The van der Waals surface area contributed by atoms with Crippen molar-refractivity contribution in [1.82, 2.24) is 0 Å². The first-order chi connectivity index (χ1) is 8.97. The molecular weight excluding hydrogens is 340 g/mol. The highest BCUT2D eigenvalue weighted by Crippen LogP contribution is 2.56. The van der Waals surface area contributed by atoms with Gasteiger partial charge in [0.15, 0.2) is 0 Å². The Morgan fingerprint density at radius 2 is 1.14 bits per heavy atom. The Morgan fingerprint density at radius 1 is 0.762 bits per heavy atom. The summed E-state index contributed by atoms with van der Waals surface area (Å²) in [5.41, 5.74) is 0. The average Bonchev–Trinajstić information content (AvgIpc) is 2.25. The Kier molecular flexibility index (Phi) is 5.17. The highest BCUT2D eigenvalue weighted by atomic mass is 19.4. The molecule has 0 saturated heterocycles. The summed E-state index contributed by atoms with van der Waals surface area (Å²) >= 11 is 0. The summed E-state index contributed by atoms with van der Waals surface area (Å²) in [7, 11) is 0. The van der Waals surface area contributed by atoms with Crippen molar-refractivity contribution in [2.24, 2.45) is 0 Å². The van der Waals surface area contributed by atoms with Gasteiger partial charge < -0.3 is 4.74 Å². The maximum Gasteiger partial charge on any atom is 0.460 e. The van der Waals surface area contributed by atoms with Crippen molar-refractivity contribution in [2.45, 2.75) is 43.1 Å². The Labute approximate surface area is 108 Å². The molecular formula is C8H6F12O. The normalized spacial score (nSPS) is 17.0. The molecule has 1 unspecified atom stereocenters. The van der Waals surface area contributed by atoms with Crippen LogP contribution < -0.4 is 0 Å². The molecule has 21 heavy (non-hydrogen) atoms. The largest absolute Gasteiger partial charge is 0.460 e. The molecule has 0 heterocycles. The van der Waals surface area contributed by atoms with Gasteiger partial charge in [0.05, 0.1) is 6.61 Å². The molecule has 0 N–H and O–H groups in total. The van der Waals surface area contributed by atoms with Crippen LogP contribution in [0.3, 0.4) is 0 Å². The lowest BCUT2D eigenvalue weighted by Crippen LogP contribution is -2.66. The van der Waals surface area contributed by atoms with Gasteiger partial charge >= 0.3 is 30.1 Å². The fraction of sp³-hybridized carbons (Fsp3) is 1.00. The van der Waals surface area contributed by atoms with E-state index >= 15 is 0 Å². The first-order valence-corrected chi connectivity index (χ1v) is 4.82. The van der Waals surface area contributed by atoms with E-state index in [1.54, 1.807) is 0 Å². The number of rotatable bonds is 6. The zero-order valence-corrected chi connectivity index (χ0v) is 9.73. The number of halogens is 12. The van der Waals surface area contributed by atoms with Crippen LogP contribution in [0.2, 0.25) is 0 Å². The Bertz CT molecular complexity index is 359. The van der Waals surface area contributed by atoms with Crippen LogP contribution in [0, 0.1) is 0 Å². The molecule has 0 saturated carbocycles. The number of hydrogen-bond donors (Lipinski definition) is 0. The fourth-order valence-corrected chi connectivity index (χ4v) is 1.02. The lowest BCUT2D eigenvalue weighted by molar-refractivity contribution is -0.421. The summed E-state index contributed by atoms with van der Waals surface area (Å²) in [6.45, 7) is -0.522. The van der Waals surface area contributed by atoms with Crippen molar-refractivity contribution in [3.63, 3.8) is 0 Å². The monoisotopic (exact) mass is 346 g/mol. The second-order valence-electron chi connectivity index (χ2n) is 3.63. The number of alkyl halides is 12. The third kappa shape index (κ3) is 3.16. The molecule has 0 aromatic rings. The van der Waals surface area contributed by atoms with E-state index in [4.69, 9.17) is 0 Å². The van der Waals surface area contributed by atoms with Crippen LogP contribution in [0.15, 0.2) is 0 Å². The van der Waals surface area contributed by atoms with Gasteiger partial charge in [-0.3, -0.25) is 0 Å². The SMILES string of the molecule is CCOC(F)(F)C(F)C(F)(F)C(F)(F)C(F)(F)C(F)(F)F. The molecule has 0 aliphatic rings. The Hall–Kier alpha value is -0.880. The van der Waals surface area contributed by atoms with Crippen LogP contribution in [0.5, 0.6) is 0 Å². The fourth-order valence-electron chi connectivity index (χ4n) is 1.02. The highest BCUT2D eigenvalue weighted by molar-refractivity contribution is 5.05. The summed E-state index contributed by atoms with van der Waals surface area (Å²) in [5.74, 6) is -22.0. The van der Waals surface area contributed by atoms with Crippen molar-refractivity contribution in [3.8, 4) is 0 Å². The minimum Gasteiger partial charge on any atom is -0.318 e. The zero-order chi connectivity index (χ0) is 17.5. The molecule has 0 fully saturated rings. The summed E-state index contributed by atoms with van der Waals surface area (Å²) in [6.07, 6.45) is -18.4. The van der Waals surface area contributed by atoms with Crippen molar-refractivity contribution in [3.05, 3.63) is 0 Å². The van der Waals surface area contributed by atoms with Gasteiger partial charge in [-0.05, 0) is 6.92 Å². The van der Waals surface area contributed by atoms with E-state index in [1.807, 2.05) is 0 Å². The van der Waals surface area contributed by atoms with Crippen LogP contribution in [0.1, 0.15) is 6.92 Å². The van der Waals surface area contributed by atoms with E-state index in [1.165, 1.54) is 0 Å². The quantitative estimate of drug-likeness (QED) is 0.647. The minimum absolute atomic E-state index is 0.682. The van der Waals surface area contributed by atoms with Gasteiger partial charge in [-0.15, -0.1) is 0 Å². The summed E-state index contributed by atoms with van der Waals surface area (Å²) in [5, 5.41) is 0. The molecule has 13 heteroatoms. The van der Waals surface area contributed by atoms with Crippen molar-refractivity contribution < 1.29 is 57.4 Å².